The quantitative estimate of drug-likeness (QED) is 0.691. The van der Waals surface area contributed by atoms with Crippen LogP contribution in [0, 0.1) is 0 Å². The van der Waals surface area contributed by atoms with Gasteiger partial charge >= 0.3 is 12.2 Å². The lowest BCUT2D eigenvalue weighted by Crippen LogP contribution is -2.43. The number of carbonyl (C=O) groups is 3. The van der Waals surface area contributed by atoms with Crippen molar-refractivity contribution in [2.45, 2.75) is 58.8 Å². The van der Waals surface area contributed by atoms with Crippen LogP contribution >= 0.6 is 0 Å². The monoisotopic (exact) mass is 364 g/mol. The van der Waals surface area contributed by atoms with Gasteiger partial charge in [-0.3, -0.25) is 4.79 Å². The SMILES string of the molecule is CC(=O)[C@H](CCCNC(=O)OCc1ccccc1)OC(=O)NC(C)(C)C. The van der Waals surface area contributed by atoms with Gasteiger partial charge in [-0.25, -0.2) is 9.59 Å². The number of alkyl carbamates (subject to hydrolysis) is 2. The van der Waals surface area contributed by atoms with Crippen LogP contribution in [0.5, 0.6) is 0 Å². The molecule has 0 aliphatic heterocycles. The predicted molar refractivity (Wildman–Crippen MR) is 97.7 cm³/mol. The number of ether oxygens (including phenoxy) is 2. The average Bonchev–Trinajstić information content (AvgIpc) is 2.54. The molecule has 0 aliphatic rings. The number of carbonyl (C=O) groups excluding carboxylic acids is 3. The van der Waals surface area contributed by atoms with E-state index in [1.807, 2.05) is 51.1 Å². The molecule has 2 amide bonds. The Balaban J connectivity index is 2.26. The molecule has 0 saturated carbocycles. The Morgan fingerprint density at radius 3 is 2.31 bits per heavy atom. The summed E-state index contributed by atoms with van der Waals surface area (Å²) in [6.07, 6.45) is -1.19. The highest BCUT2D eigenvalue weighted by Gasteiger charge is 2.22. The van der Waals surface area contributed by atoms with Gasteiger partial charge in [0.1, 0.15) is 6.61 Å². The Morgan fingerprint density at radius 2 is 1.73 bits per heavy atom. The highest BCUT2D eigenvalue weighted by atomic mass is 16.6. The number of ketones is 1. The van der Waals surface area contributed by atoms with Gasteiger partial charge in [-0.05, 0) is 46.1 Å². The van der Waals surface area contributed by atoms with Crippen LogP contribution in [0.2, 0.25) is 0 Å². The first-order valence-electron chi connectivity index (χ1n) is 8.61. The molecule has 0 aromatic heterocycles. The van der Waals surface area contributed by atoms with Crippen molar-refractivity contribution in [3.8, 4) is 0 Å². The maximum Gasteiger partial charge on any atom is 0.408 e. The van der Waals surface area contributed by atoms with Gasteiger partial charge in [-0.2, -0.15) is 0 Å². The Kier molecular flexibility index (Phi) is 8.61. The predicted octanol–water partition coefficient (Wildman–Crippen LogP) is 3.18. The van der Waals surface area contributed by atoms with Gasteiger partial charge in [0, 0.05) is 12.1 Å². The minimum atomic E-state index is -0.834. The fourth-order valence-corrected chi connectivity index (χ4v) is 2.06. The zero-order valence-electron chi connectivity index (χ0n) is 15.8. The van der Waals surface area contributed by atoms with Crippen molar-refractivity contribution in [1.29, 1.82) is 0 Å². The molecule has 0 fully saturated rings. The fraction of sp³-hybridized carbons (Fsp3) is 0.526. The van der Waals surface area contributed by atoms with Crippen LogP contribution in [0.4, 0.5) is 9.59 Å². The molecule has 0 heterocycles. The van der Waals surface area contributed by atoms with E-state index in [4.69, 9.17) is 9.47 Å². The third-order valence-corrected chi connectivity index (χ3v) is 3.30. The van der Waals surface area contributed by atoms with E-state index in [9.17, 15) is 14.4 Å². The molecule has 0 saturated heterocycles. The van der Waals surface area contributed by atoms with Gasteiger partial charge in [0.15, 0.2) is 11.9 Å². The molecule has 0 unspecified atom stereocenters. The summed E-state index contributed by atoms with van der Waals surface area (Å²) in [5.41, 5.74) is 0.459. The Hall–Kier alpha value is -2.57. The van der Waals surface area contributed by atoms with Crippen molar-refractivity contribution in [2.75, 3.05) is 6.54 Å². The van der Waals surface area contributed by atoms with E-state index in [1.165, 1.54) is 6.92 Å². The van der Waals surface area contributed by atoms with Gasteiger partial charge in [0.25, 0.3) is 0 Å². The largest absolute Gasteiger partial charge is 0.445 e. The Bertz CT molecular complexity index is 596. The van der Waals surface area contributed by atoms with E-state index in [2.05, 4.69) is 10.6 Å². The van der Waals surface area contributed by atoms with Crippen LogP contribution in [0.3, 0.4) is 0 Å². The number of rotatable bonds is 8. The van der Waals surface area contributed by atoms with E-state index < -0.39 is 23.8 Å². The summed E-state index contributed by atoms with van der Waals surface area (Å²) in [4.78, 5) is 35.0. The molecular formula is C19H28N2O5. The summed E-state index contributed by atoms with van der Waals surface area (Å²) >= 11 is 0. The molecule has 0 aliphatic carbocycles. The molecule has 144 valence electrons. The van der Waals surface area contributed by atoms with E-state index >= 15 is 0 Å². The standard InChI is InChI=1S/C19H28N2O5/c1-14(22)16(26-18(24)21-19(2,3)4)11-8-12-20-17(23)25-13-15-9-6-5-7-10-15/h5-7,9-10,16H,8,11-13H2,1-4H3,(H,20,23)(H,21,24)/t16-/m0/s1. The van der Waals surface area contributed by atoms with Crippen LogP contribution in [-0.4, -0.2) is 36.2 Å². The highest BCUT2D eigenvalue weighted by molar-refractivity contribution is 5.83. The topological polar surface area (TPSA) is 93.7 Å². The molecule has 7 heteroatoms. The lowest BCUT2D eigenvalue weighted by molar-refractivity contribution is -0.125. The molecule has 26 heavy (non-hydrogen) atoms. The van der Waals surface area contributed by atoms with E-state index in [0.717, 1.165) is 5.56 Å². The number of nitrogens with one attached hydrogen (secondary N) is 2. The fourth-order valence-electron chi connectivity index (χ4n) is 2.06. The van der Waals surface area contributed by atoms with Crippen molar-refractivity contribution in [3.63, 3.8) is 0 Å². The van der Waals surface area contributed by atoms with E-state index in [1.54, 1.807) is 0 Å². The lowest BCUT2D eigenvalue weighted by atomic mass is 10.1. The molecule has 1 rings (SSSR count). The molecular weight excluding hydrogens is 336 g/mol. The second-order valence-electron chi connectivity index (χ2n) is 7.01. The zero-order chi connectivity index (χ0) is 19.6. The van der Waals surface area contributed by atoms with Crippen LogP contribution in [0.1, 0.15) is 46.1 Å². The first-order valence-corrected chi connectivity index (χ1v) is 8.61. The number of Topliss-reactive ketones (excluding diaryl/α,β-unsaturated/α-hetero) is 1. The van der Waals surface area contributed by atoms with Crippen molar-refractivity contribution >= 4 is 18.0 Å². The highest BCUT2D eigenvalue weighted by Crippen LogP contribution is 2.07. The first kappa shape index (κ1) is 21.5. The third kappa shape index (κ3) is 9.66. The number of benzene rings is 1. The molecule has 7 nitrogen and oxygen atoms in total. The van der Waals surface area contributed by atoms with Crippen LogP contribution in [0.15, 0.2) is 30.3 Å². The minimum absolute atomic E-state index is 0.193. The third-order valence-electron chi connectivity index (χ3n) is 3.30. The van der Waals surface area contributed by atoms with Gasteiger partial charge in [0.2, 0.25) is 0 Å². The second-order valence-corrected chi connectivity index (χ2v) is 7.01. The number of amides is 2. The molecule has 0 spiro atoms. The van der Waals surface area contributed by atoms with Crippen LogP contribution in [-0.2, 0) is 20.9 Å². The van der Waals surface area contributed by atoms with Crippen molar-refractivity contribution in [2.24, 2.45) is 0 Å². The van der Waals surface area contributed by atoms with Gasteiger partial charge < -0.3 is 20.1 Å². The maximum atomic E-state index is 11.8. The summed E-state index contributed by atoms with van der Waals surface area (Å²) < 4.78 is 10.2. The van der Waals surface area contributed by atoms with E-state index in [0.29, 0.717) is 19.4 Å². The minimum Gasteiger partial charge on any atom is -0.445 e. The molecule has 1 aromatic carbocycles. The van der Waals surface area contributed by atoms with Gasteiger partial charge in [-0.1, -0.05) is 30.3 Å². The van der Waals surface area contributed by atoms with Crippen molar-refractivity contribution in [3.05, 3.63) is 35.9 Å². The maximum absolute atomic E-state index is 11.8. The van der Waals surface area contributed by atoms with Crippen molar-refractivity contribution in [1.82, 2.24) is 10.6 Å². The van der Waals surface area contributed by atoms with E-state index in [-0.39, 0.29) is 12.4 Å². The summed E-state index contributed by atoms with van der Waals surface area (Å²) in [6.45, 7) is 7.35. The molecule has 1 atom stereocenters. The van der Waals surface area contributed by atoms with Crippen molar-refractivity contribution < 1.29 is 23.9 Å². The molecule has 2 N–H and O–H groups in total. The smallest absolute Gasteiger partial charge is 0.408 e. The zero-order valence-corrected chi connectivity index (χ0v) is 15.8. The molecule has 0 bridgehead atoms. The summed E-state index contributed by atoms with van der Waals surface area (Å²) in [5, 5.41) is 5.25. The molecule has 1 aromatic rings. The number of hydrogen-bond donors (Lipinski definition) is 2. The average molecular weight is 364 g/mol. The summed E-state index contributed by atoms with van der Waals surface area (Å²) in [5.74, 6) is -0.235. The van der Waals surface area contributed by atoms with Gasteiger partial charge in [0.05, 0.1) is 0 Å². The lowest BCUT2D eigenvalue weighted by Gasteiger charge is -2.22. The first-order chi connectivity index (χ1) is 12.2. The Labute approximate surface area is 154 Å². The normalized spacial score (nSPS) is 12.0. The van der Waals surface area contributed by atoms with Crippen LogP contribution < -0.4 is 10.6 Å². The summed E-state index contributed by atoms with van der Waals surface area (Å²) in [6, 6.07) is 9.36. The summed E-state index contributed by atoms with van der Waals surface area (Å²) in [7, 11) is 0. The Morgan fingerprint density at radius 1 is 1.08 bits per heavy atom. The van der Waals surface area contributed by atoms with Crippen LogP contribution in [0.25, 0.3) is 0 Å². The van der Waals surface area contributed by atoms with Gasteiger partial charge in [-0.15, -0.1) is 0 Å². The molecule has 0 radical (unpaired) electrons. The second kappa shape index (κ2) is 10.4. The number of hydrogen-bond acceptors (Lipinski definition) is 5.